The van der Waals surface area contributed by atoms with Crippen LogP contribution in [0.2, 0.25) is 0 Å². The maximum Gasteiger partial charge on any atom is 0.251 e. The van der Waals surface area contributed by atoms with E-state index in [2.05, 4.69) is 25.2 Å². The van der Waals surface area contributed by atoms with Crippen LogP contribution in [0.1, 0.15) is 35.3 Å². The molecule has 1 N–H and O–H groups in total. The molecule has 1 amide bonds. The summed E-state index contributed by atoms with van der Waals surface area (Å²) in [6.07, 6.45) is 5.41. The topological polar surface area (TPSA) is 71.0 Å². The molecule has 1 saturated heterocycles. The van der Waals surface area contributed by atoms with Gasteiger partial charge in [0.25, 0.3) is 5.91 Å². The van der Waals surface area contributed by atoms with Crippen LogP contribution in [-0.4, -0.2) is 33.9 Å². The number of carbonyl (C=O) groups excluding carboxylic acids is 1. The maximum atomic E-state index is 12.4. The number of piperidine rings is 1. The SMILES string of the molecule is O=C(NCc1ccnc(N2CCCCC2)n1)c1ccc2ncsc2c1. The zero-order chi connectivity index (χ0) is 17.1. The molecule has 0 unspecified atom stereocenters. The fourth-order valence-electron chi connectivity index (χ4n) is 3.00. The van der Waals surface area contributed by atoms with Gasteiger partial charge in [-0.05, 0) is 43.5 Å². The molecule has 1 fully saturated rings. The smallest absolute Gasteiger partial charge is 0.251 e. The molecule has 1 aliphatic rings. The lowest BCUT2D eigenvalue weighted by Gasteiger charge is -2.26. The predicted molar refractivity (Wildman–Crippen MR) is 98.9 cm³/mol. The summed E-state index contributed by atoms with van der Waals surface area (Å²) in [6.45, 7) is 2.40. The standard InChI is InChI=1S/C18H19N5OS/c24-17(13-4-5-15-16(10-13)25-12-21-15)20-11-14-6-7-19-18(22-14)23-8-2-1-3-9-23/h4-7,10,12H,1-3,8-9,11H2,(H,20,24). The second kappa shape index (κ2) is 7.14. The normalized spacial score (nSPS) is 14.6. The van der Waals surface area contributed by atoms with E-state index in [1.54, 1.807) is 17.8 Å². The van der Waals surface area contributed by atoms with Crippen molar-refractivity contribution in [2.45, 2.75) is 25.8 Å². The minimum Gasteiger partial charge on any atom is -0.346 e. The van der Waals surface area contributed by atoms with E-state index in [0.29, 0.717) is 12.1 Å². The monoisotopic (exact) mass is 353 g/mol. The number of carbonyl (C=O) groups is 1. The van der Waals surface area contributed by atoms with E-state index >= 15 is 0 Å². The van der Waals surface area contributed by atoms with E-state index in [1.807, 2.05) is 18.2 Å². The van der Waals surface area contributed by atoms with Gasteiger partial charge in [0.2, 0.25) is 5.95 Å². The number of hydrogen-bond acceptors (Lipinski definition) is 6. The Morgan fingerprint density at radius 2 is 2.04 bits per heavy atom. The lowest BCUT2D eigenvalue weighted by Crippen LogP contribution is -2.31. The van der Waals surface area contributed by atoms with Crippen molar-refractivity contribution < 1.29 is 4.79 Å². The van der Waals surface area contributed by atoms with Crippen LogP contribution in [0.25, 0.3) is 10.2 Å². The van der Waals surface area contributed by atoms with E-state index in [4.69, 9.17) is 0 Å². The highest BCUT2D eigenvalue weighted by molar-refractivity contribution is 7.16. The summed E-state index contributed by atoms with van der Waals surface area (Å²) in [5.74, 6) is 0.658. The first-order valence-corrected chi connectivity index (χ1v) is 9.36. The van der Waals surface area contributed by atoms with Crippen LogP contribution in [0, 0.1) is 0 Å². The fourth-order valence-corrected chi connectivity index (χ4v) is 3.71. The average molecular weight is 353 g/mol. The van der Waals surface area contributed by atoms with Crippen molar-refractivity contribution in [2.75, 3.05) is 18.0 Å². The van der Waals surface area contributed by atoms with Crippen molar-refractivity contribution in [1.29, 1.82) is 0 Å². The molecule has 3 aromatic rings. The summed E-state index contributed by atoms with van der Waals surface area (Å²) < 4.78 is 1.02. The van der Waals surface area contributed by atoms with Gasteiger partial charge in [-0.15, -0.1) is 11.3 Å². The summed E-state index contributed by atoms with van der Waals surface area (Å²) in [7, 11) is 0. The molecule has 6 nitrogen and oxygen atoms in total. The first-order valence-electron chi connectivity index (χ1n) is 8.48. The molecule has 7 heteroatoms. The molecule has 2 aromatic heterocycles. The van der Waals surface area contributed by atoms with Gasteiger partial charge in [0.1, 0.15) is 0 Å². The van der Waals surface area contributed by atoms with Crippen molar-refractivity contribution in [2.24, 2.45) is 0 Å². The summed E-state index contributed by atoms with van der Waals surface area (Å²) in [6, 6.07) is 7.40. The molecule has 0 saturated carbocycles. The maximum absolute atomic E-state index is 12.4. The summed E-state index contributed by atoms with van der Waals surface area (Å²) in [4.78, 5) is 27.8. The van der Waals surface area contributed by atoms with Gasteiger partial charge in [0.15, 0.2) is 0 Å². The third kappa shape index (κ3) is 3.61. The summed E-state index contributed by atoms with van der Waals surface area (Å²) >= 11 is 1.53. The van der Waals surface area contributed by atoms with Gasteiger partial charge in [-0.25, -0.2) is 15.0 Å². The van der Waals surface area contributed by atoms with E-state index in [9.17, 15) is 4.79 Å². The number of nitrogens with zero attached hydrogens (tertiary/aromatic N) is 4. The minimum atomic E-state index is -0.103. The van der Waals surface area contributed by atoms with Crippen molar-refractivity contribution >= 4 is 33.4 Å². The Labute approximate surface area is 149 Å². The van der Waals surface area contributed by atoms with Crippen LogP contribution in [0.3, 0.4) is 0 Å². The molecule has 25 heavy (non-hydrogen) atoms. The van der Waals surface area contributed by atoms with Gasteiger partial charge in [0, 0.05) is 24.8 Å². The van der Waals surface area contributed by atoms with Crippen LogP contribution in [0.15, 0.2) is 36.0 Å². The molecule has 0 atom stereocenters. The number of anilines is 1. The van der Waals surface area contributed by atoms with Gasteiger partial charge in [-0.2, -0.15) is 0 Å². The van der Waals surface area contributed by atoms with Gasteiger partial charge in [0.05, 0.1) is 28.0 Å². The van der Waals surface area contributed by atoms with Crippen molar-refractivity contribution in [3.8, 4) is 0 Å². The highest BCUT2D eigenvalue weighted by atomic mass is 32.1. The van der Waals surface area contributed by atoms with Gasteiger partial charge >= 0.3 is 0 Å². The Bertz CT molecular complexity index is 888. The molecule has 128 valence electrons. The van der Waals surface area contributed by atoms with Crippen LogP contribution >= 0.6 is 11.3 Å². The van der Waals surface area contributed by atoms with Crippen LogP contribution < -0.4 is 10.2 Å². The fraction of sp³-hybridized carbons (Fsp3) is 0.333. The van der Waals surface area contributed by atoms with Crippen molar-refractivity contribution in [3.63, 3.8) is 0 Å². The molecular formula is C18H19N5OS. The molecule has 0 aliphatic carbocycles. The number of fused-ring (bicyclic) bond motifs is 1. The molecular weight excluding hydrogens is 334 g/mol. The van der Waals surface area contributed by atoms with Gasteiger partial charge in [-0.3, -0.25) is 4.79 Å². The molecule has 1 aromatic carbocycles. The summed E-state index contributed by atoms with van der Waals surface area (Å²) in [5, 5.41) is 2.94. The number of nitrogens with one attached hydrogen (secondary N) is 1. The number of thiazole rings is 1. The first-order chi connectivity index (χ1) is 12.3. The number of benzene rings is 1. The van der Waals surface area contributed by atoms with E-state index in [1.165, 1.54) is 30.6 Å². The van der Waals surface area contributed by atoms with Gasteiger partial charge in [-0.1, -0.05) is 0 Å². The van der Waals surface area contributed by atoms with Crippen LogP contribution in [0.5, 0.6) is 0 Å². The Morgan fingerprint density at radius 3 is 2.92 bits per heavy atom. The third-order valence-electron chi connectivity index (χ3n) is 4.36. The molecule has 3 heterocycles. The lowest BCUT2D eigenvalue weighted by atomic mass is 10.1. The largest absolute Gasteiger partial charge is 0.346 e. The Balaban J connectivity index is 1.42. The van der Waals surface area contributed by atoms with E-state index in [-0.39, 0.29) is 5.91 Å². The number of rotatable bonds is 4. The zero-order valence-electron chi connectivity index (χ0n) is 13.8. The third-order valence-corrected chi connectivity index (χ3v) is 5.15. The highest BCUT2D eigenvalue weighted by Crippen LogP contribution is 2.19. The van der Waals surface area contributed by atoms with E-state index in [0.717, 1.165) is 34.9 Å². The van der Waals surface area contributed by atoms with Crippen molar-refractivity contribution in [3.05, 3.63) is 47.2 Å². The minimum absolute atomic E-state index is 0.103. The zero-order valence-corrected chi connectivity index (χ0v) is 14.6. The molecule has 0 spiro atoms. The second-order valence-electron chi connectivity index (χ2n) is 6.11. The van der Waals surface area contributed by atoms with Crippen LogP contribution in [-0.2, 0) is 6.54 Å². The lowest BCUT2D eigenvalue weighted by molar-refractivity contribution is 0.0950. The quantitative estimate of drug-likeness (QED) is 0.781. The van der Waals surface area contributed by atoms with Gasteiger partial charge < -0.3 is 10.2 Å². The Kier molecular flexibility index (Phi) is 4.56. The molecule has 0 bridgehead atoms. The van der Waals surface area contributed by atoms with Crippen LogP contribution in [0.4, 0.5) is 5.95 Å². The first kappa shape index (κ1) is 16.0. The molecule has 4 rings (SSSR count). The Morgan fingerprint density at radius 1 is 1.16 bits per heavy atom. The van der Waals surface area contributed by atoms with E-state index < -0.39 is 0 Å². The number of aromatic nitrogens is 3. The predicted octanol–water partition coefficient (Wildman–Crippen LogP) is 3.01. The average Bonchev–Trinajstić information content (AvgIpc) is 3.15. The van der Waals surface area contributed by atoms with Crippen molar-refractivity contribution in [1.82, 2.24) is 20.3 Å². The molecule has 1 aliphatic heterocycles. The Hall–Kier alpha value is -2.54. The number of amides is 1. The second-order valence-corrected chi connectivity index (χ2v) is 7.00. The highest BCUT2D eigenvalue weighted by Gasteiger charge is 2.14. The summed E-state index contributed by atoms with van der Waals surface area (Å²) in [5.41, 5.74) is 4.17. The molecule has 0 radical (unpaired) electrons. The number of hydrogen-bond donors (Lipinski definition) is 1.